The fourth-order valence-corrected chi connectivity index (χ4v) is 3.17. The second-order valence-corrected chi connectivity index (χ2v) is 7.09. The number of aromatic nitrogens is 1. The predicted octanol–water partition coefficient (Wildman–Crippen LogP) is 1.73. The van der Waals surface area contributed by atoms with Crippen LogP contribution in [0.2, 0.25) is 0 Å². The maximum absolute atomic E-state index is 12.8. The monoisotopic (exact) mass is 389 g/mol. The maximum Gasteiger partial charge on any atom is 0.421 e. The number of halogens is 3. The van der Waals surface area contributed by atoms with Crippen molar-refractivity contribution in [1.82, 2.24) is 14.8 Å². The van der Waals surface area contributed by atoms with Gasteiger partial charge in [-0.15, -0.1) is 0 Å². The van der Waals surface area contributed by atoms with Gasteiger partial charge in [0.2, 0.25) is 5.91 Å². The van der Waals surface area contributed by atoms with Crippen molar-refractivity contribution in [2.75, 3.05) is 32.8 Å². The molecule has 9 heteroatoms. The topological polar surface area (TPSA) is 63.6 Å². The summed E-state index contributed by atoms with van der Waals surface area (Å²) in [6.07, 6.45) is -2.68. The van der Waals surface area contributed by atoms with Gasteiger partial charge < -0.3 is 14.6 Å². The molecule has 1 fully saturated rings. The van der Waals surface area contributed by atoms with Gasteiger partial charge >= 0.3 is 6.18 Å². The van der Waals surface area contributed by atoms with Gasteiger partial charge in [-0.2, -0.15) is 13.2 Å². The van der Waals surface area contributed by atoms with Gasteiger partial charge in [-0.3, -0.25) is 14.5 Å². The van der Waals surface area contributed by atoms with Crippen molar-refractivity contribution in [3.05, 3.63) is 34.2 Å². The third-order valence-corrected chi connectivity index (χ3v) is 4.48. The number of nitrogens with one attached hydrogen (secondary N) is 1. The Kier molecular flexibility index (Phi) is 7.43. The Balaban J connectivity index is 1.99. The first-order valence-corrected chi connectivity index (χ1v) is 9.03. The summed E-state index contributed by atoms with van der Waals surface area (Å²) in [5.41, 5.74) is -2.49. The average molecular weight is 389 g/mol. The standard InChI is InChI=1S/C18H26F3N3O3/c1-13(2)10-14(23-6-8-27-9-7-23)11-22-16(25)12-24-5-3-4-15(17(24)26)18(19,20)21/h3-5,13-14H,6-12H2,1-2H3,(H,22,25). The highest BCUT2D eigenvalue weighted by Crippen LogP contribution is 2.25. The lowest BCUT2D eigenvalue weighted by Crippen LogP contribution is -2.49. The van der Waals surface area contributed by atoms with E-state index >= 15 is 0 Å². The number of hydrogen-bond donors (Lipinski definition) is 1. The minimum Gasteiger partial charge on any atom is -0.379 e. The van der Waals surface area contributed by atoms with Crippen molar-refractivity contribution in [2.24, 2.45) is 5.92 Å². The first kappa shape index (κ1) is 21.4. The highest BCUT2D eigenvalue weighted by Gasteiger charge is 2.34. The third kappa shape index (κ3) is 6.35. The summed E-state index contributed by atoms with van der Waals surface area (Å²) in [6.45, 7) is 6.96. The molecule has 0 aliphatic carbocycles. The van der Waals surface area contributed by atoms with Gasteiger partial charge in [0, 0.05) is 31.9 Å². The number of alkyl halides is 3. The highest BCUT2D eigenvalue weighted by molar-refractivity contribution is 5.75. The number of amides is 1. The van der Waals surface area contributed by atoms with Crippen molar-refractivity contribution in [3.63, 3.8) is 0 Å². The van der Waals surface area contributed by atoms with Crippen LogP contribution in [0.1, 0.15) is 25.8 Å². The number of hydrogen-bond acceptors (Lipinski definition) is 4. The van der Waals surface area contributed by atoms with E-state index in [1.54, 1.807) is 0 Å². The zero-order valence-electron chi connectivity index (χ0n) is 15.6. The summed E-state index contributed by atoms with van der Waals surface area (Å²) in [7, 11) is 0. The first-order chi connectivity index (χ1) is 12.7. The molecule has 6 nitrogen and oxygen atoms in total. The lowest BCUT2D eigenvalue weighted by molar-refractivity contribution is -0.139. The molecule has 1 amide bonds. The summed E-state index contributed by atoms with van der Waals surface area (Å²) < 4.78 is 44.6. The number of rotatable bonds is 7. The van der Waals surface area contributed by atoms with Gasteiger partial charge in [-0.1, -0.05) is 13.8 Å². The van der Waals surface area contributed by atoms with E-state index in [1.807, 2.05) is 0 Å². The molecule has 1 N–H and O–H groups in total. The molecule has 1 aliphatic heterocycles. The van der Waals surface area contributed by atoms with Crippen molar-refractivity contribution in [1.29, 1.82) is 0 Å². The summed E-state index contributed by atoms with van der Waals surface area (Å²) in [4.78, 5) is 26.4. The second kappa shape index (κ2) is 9.36. The Bertz CT molecular complexity index is 682. The van der Waals surface area contributed by atoms with Crippen LogP contribution in [-0.4, -0.2) is 54.3 Å². The number of pyridine rings is 1. The quantitative estimate of drug-likeness (QED) is 0.772. The van der Waals surface area contributed by atoms with E-state index in [9.17, 15) is 22.8 Å². The van der Waals surface area contributed by atoms with Crippen LogP contribution >= 0.6 is 0 Å². The van der Waals surface area contributed by atoms with Crippen LogP contribution in [0.3, 0.4) is 0 Å². The molecule has 152 valence electrons. The van der Waals surface area contributed by atoms with E-state index in [4.69, 9.17) is 4.74 Å². The van der Waals surface area contributed by atoms with Crippen molar-refractivity contribution in [2.45, 2.75) is 39.0 Å². The summed E-state index contributed by atoms with van der Waals surface area (Å²) in [5, 5.41) is 2.76. The molecule has 0 saturated carbocycles. The van der Waals surface area contributed by atoms with Gasteiger partial charge in [-0.05, 0) is 24.5 Å². The Morgan fingerprint density at radius 2 is 1.96 bits per heavy atom. The van der Waals surface area contributed by atoms with Gasteiger partial charge in [0.15, 0.2) is 0 Å². The number of carbonyl (C=O) groups is 1. The van der Waals surface area contributed by atoms with Crippen LogP contribution < -0.4 is 10.9 Å². The summed E-state index contributed by atoms with van der Waals surface area (Å²) >= 11 is 0. The number of morpholine rings is 1. The number of nitrogens with zero attached hydrogens (tertiary/aromatic N) is 2. The van der Waals surface area contributed by atoms with Gasteiger partial charge in [0.25, 0.3) is 5.56 Å². The molecule has 0 spiro atoms. The van der Waals surface area contributed by atoms with Gasteiger partial charge in [0.05, 0.1) is 13.2 Å². The molecule has 0 bridgehead atoms. The van der Waals surface area contributed by atoms with Crippen LogP contribution in [-0.2, 0) is 22.3 Å². The molecule has 1 aliphatic rings. The molecule has 1 saturated heterocycles. The summed E-state index contributed by atoms with van der Waals surface area (Å²) in [5.74, 6) is -0.0562. The Morgan fingerprint density at radius 3 is 2.56 bits per heavy atom. The minimum atomic E-state index is -4.74. The first-order valence-electron chi connectivity index (χ1n) is 9.03. The van der Waals surface area contributed by atoms with Crippen LogP contribution in [0.15, 0.2) is 23.1 Å². The van der Waals surface area contributed by atoms with E-state index in [1.165, 1.54) is 6.20 Å². The van der Waals surface area contributed by atoms with Crippen molar-refractivity contribution < 1.29 is 22.7 Å². The fourth-order valence-electron chi connectivity index (χ4n) is 3.17. The molecule has 1 atom stereocenters. The van der Waals surface area contributed by atoms with Gasteiger partial charge in [-0.25, -0.2) is 0 Å². The normalized spacial score (nSPS) is 17.1. The molecule has 0 aromatic carbocycles. The number of ether oxygens (including phenoxy) is 1. The minimum absolute atomic E-state index is 0.121. The smallest absolute Gasteiger partial charge is 0.379 e. The molecule has 1 aromatic heterocycles. The molecular formula is C18H26F3N3O3. The Morgan fingerprint density at radius 1 is 1.30 bits per heavy atom. The SMILES string of the molecule is CC(C)CC(CNC(=O)Cn1cccc(C(F)(F)F)c1=O)N1CCOCC1. The van der Waals surface area contributed by atoms with E-state index in [0.717, 1.165) is 30.1 Å². The van der Waals surface area contributed by atoms with Gasteiger partial charge in [0.1, 0.15) is 12.1 Å². The predicted molar refractivity (Wildman–Crippen MR) is 94.3 cm³/mol. The lowest BCUT2D eigenvalue weighted by atomic mass is 10.0. The van der Waals surface area contributed by atoms with Crippen molar-refractivity contribution >= 4 is 5.91 Å². The van der Waals surface area contributed by atoms with Crippen molar-refractivity contribution in [3.8, 4) is 0 Å². The average Bonchev–Trinajstić information content (AvgIpc) is 2.60. The molecule has 27 heavy (non-hydrogen) atoms. The van der Waals surface area contributed by atoms with E-state index in [2.05, 4.69) is 24.1 Å². The zero-order valence-corrected chi connectivity index (χ0v) is 15.6. The molecule has 1 aromatic rings. The molecule has 2 heterocycles. The Hall–Kier alpha value is -1.87. The number of carbonyl (C=O) groups excluding carboxylic acids is 1. The van der Waals surface area contributed by atoms with E-state index < -0.39 is 29.8 Å². The van der Waals surface area contributed by atoms with Crippen LogP contribution in [0.5, 0.6) is 0 Å². The fraction of sp³-hybridized carbons (Fsp3) is 0.667. The molecule has 0 radical (unpaired) electrons. The largest absolute Gasteiger partial charge is 0.421 e. The lowest BCUT2D eigenvalue weighted by Gasteiger charge is -2.35. The van der Waals surface area contributed by atoms with Crippen LogP contribution in [0, 0.1) is 5.92 Å². The molecular weight excluding hydrogens is 363 g/mol. The molecule has 2 rings (SSSR count). The highest BCUT2D eigenvalue weighted by atomic mass is 19.4. The van der Waals surface area contributed by atoms with E-state index in [0.29, 0.717) is 31.7 Å². The Labute approximate surface area is 156 Å². The third-order valence-electron chi connectivity index (χ3n) is 4.48. The second-order valence-electron chi connectivity index (χ2n) is 7.09. The maximum atomic E-state index is 12.8. The zero-order chi connectivity index (χ0) is 20.0. The summed E-state index contributed by atoms with van der Waals surface area (Å²) in [6, 6.07) is 1.96. The van der Waals surface area contributed by atoms with E-state index in [-0.39, 0.29) is 6.04 Å². The molecule has 1 unspecified atom stereocenters. The van der Waals surface area contributed by atoms with Crippen LogP contribution in [0.4, 0.5) is 13.2 Å². The van der Waals surface area contributed by atoms with Crippen LogP contribution in [0.25, 0.3) is 0 Å².